The number of likely N-dealkylation sites (tertiary alicyclic amines) is 1. The molecule has 1 atom stereocenters. The Morgan fingerprint density at radius 1 is 1.03 bits per heavy atom. The normalized spacial score (nSPS) is 20.3. The molecule has 0 spiro atoms. The lowest BCUT2D eigenvalue weighted by molar-refractivity contribution is -0.127. The number of ether oxygens (including phenoxy) is 1. The Labute approximate surface area is 186 Å². The van der Waals surface area contributed by atoms with E-state index < -0.39 is 5.60 Å². The fourth-order valence-electron chi connectivity index (χ4n) is 4.15. The molecule has 7 nitrogen and oxygen atoms in total. The summed E-state index contributed by atoms with van der Waals surface area (Å²) in [5.41, 5.74) is 0.637. The minimum absolute atomic E-state index is 0.0269. The van der Waals surface area contributed by atoms with Crippen molar-refractivity contribution in [3.63, 3.8) is 0 Å². The number of likely N-dealkylation sites (N-methyl/N-ethyl adjacent to an activating group) is 1. The maximum atomic E-state index is 13.1. The quantitative estimate of drug-likeness (QED) is 0.778. The van der Waals surface area contributed by atoms with Crippen molar-refractivity contribution in [3.05, 3.63) is 35.9 Å². The second-order valence-corrected chi connectivity index (χ2v) is 9.82. The minimum Gasteiger partial charge on any atom is -0.444 e. The van der Waals surface area contributed by atoms with Gasteiger partial charge in [-0.05, 0) is 46.2 Å². The van der Waals surface area contributed by atoms with Gasteiger partial charge in [0.05, 0.1) is 6.04 Å². The van der Waals surface area contributed by atoms with E-state index in [1.54, 1.807) is 4.90 Å². The highest BCUT2D eigenvalue weighted by Crippen LogP contribution is 2.22. The van der Waals surface area contributed by atoms with Gasteiger partial charge in [-0.1, -0.05) is 30.3 Å². The number of hydrogen-bond donors (Lipinski definition) is 1. The molecule has 1 aromatic carbocycles. The predicted molar refractivity (Wildman–Crippen MR) is 122 cm³/mol. The van der Waals surface area contributed by atoms with Crippen LogP contribution in [0.15, 0.2) is 30.3 Å². The molecule has 7 heteroatoms. The van der Waals surface area contributed by atoms with Crippen LogP contribution in [0.4, 0.5) is 4.79 Å². The number of carbonyl (C=O) groups is 2. The van der Waals surface area contributed by atoms with E-state index in [9.17, 15) is 9.59 Å². The number of amides is 2. The number of nitrogens with zero attached hydrogens (tertiary/aromatic N) is 3. The first-order valence-electron chi connectivity index (χ1n) is 11.5. The molecule has 31 heavy (non-hydrogen) atoms. The van der Waals surface area contributed by atoms with Crippen LogP contribution < -0.4 is 5.32 Å². The first kappa shape index (κ1) is 23.5. The van der Waals surface area contributed by atoms with Gasteiger partial charge in [0, 0.05) is 51.7 Å². The van der Waals surface area contributed by atoms with Crippen molar-refractivity contribution in [1.29, 1.82) is 0 Å². The standard InChI is InChI=1S/C24H38N4O3/c1-24(2,3)31-23(30)28-12-10-20(11-13-28)22(29)25-21(19-8-6-5-7-9-19)18-27-16-14-26(4)15-17-27/h5-9,20-21H,10-18H2,1-4H3,(H,25,29). The molecule has 1 N–H and O–H groups in total. The SMILES string of the molecule is CN1CCN(CC(NC(=O)C2CCN(C(=O)OC(C)(C)C)CC2)c2ccccc2)CC1. The van der Waals surface area contributed by atoms with E-state index in [2.05, 4.69) is 34.3 Å². The molecule has 0 aromatic heterocycles. The average Bonchev–Trinajstić information content (AvgIpc) is 2.74. The second-order valence-electron chi connectivity index (χ2n) is 9.82. The van der Waals surface area contributed by atoms with Crippen LogP contribution in [0.2, 0.25) is 0 Å². The van der Waals surface area contributed by atoms with Crippen molar-refractivity contribution in [3.8, 4) is 0 Å². The Balaban J connectivity index is 1.56. The maximum Gasteiger partial charge on any atom is 0.410 e. The van der Waals surface area contributed by atoms with Gasteiger partial charge in [0.15, 0.2) is 0 Å². The third-order valence-electron chi connectivity index (χ3n) is 6.07. The van der Waals surface area contributed by atoms with Crippen molar-refractivity contribution in [2.75, 3.05) is 52.9 Å². The Hall–Kier alpha value is -2.12. The summed E-state index contributed by atoms with van der Waals surface area (Å²) in [6, 6.07) is 10.2. The molecule has 172 valence electrons. The molecule has 1 aromatic rings. The van der Waals surface area contributed by atoms with Gasteiger partial charge >= 0.3 is 6.09 Å². The predicted octanol–water partition coefficient (Wildman–Crippen LogP) is 2.74. The van der Waals surface area contributed by atoms with E-state index in [0.29, 0.717) is 25.9 Å². The highest BCUT2D eigenvalue weighted by atomic mass is 16.6. The summed E-state index contributed by atoms with van der Waals surface area (Å²) in [5, 5.41) is 3.31. The Morgan fingerprint density at radius 3 is 2.23 bits per heavy atom. The fourth-order valence-corrected chi connectivity index (χ4v) is 4.15. The van der Waals surface area contributed by atoms with Gasteiger partial charge in [0.25, 0.3) is 0 Å². The summed E-state index contributed by atoms with van der Waals surface area (Å²) in [7, 11) is 2.15. The smallest absolute Gasteiger partial charge is 0.410 e. The largest absolute Gasteiger partial charge is 0.444 e. The Bertz CT molecular complexity index is 718. The number of nitrogens with one attached hydrogen (secondary N) is 1. The van der Waals surface area contributed by atoms with E-state index in [1.165, 1.54) is 0 Å². The molecule has 0 aliphatic carbocycles. The van der Waals surface area contributed by atoms with Crippen LogP contribution in [-0.2, 0) is 9.53 Å². The number of rotatable bonds is 5. The van der Waals surface area contributed by atoms with Crippen molar-refractivity contribution in [1.82, 2.24) is 20.0 Å². The van der Waals surface area contributed by atoms with Crippen LogP contribution in [-0.4, -0.2) is 85.2 Å². The fraction of sp³-hybridized carbons (Fsp3) is 0.667. The van der Waals surface area contributed by atoms with Crippen LogP contribution in [0.5, 0.6) is 0 Å². The van der Waals surface area contributed by atoms with Crippen molar-refractivity contribution >= 4 is 12.0 Å². The first-order valence-corrected chi connectivity index (χ1v) is 11.5. The summed E-state index contributed by atoms with van der Waals surface area (Å²) >= 11 is 0. The zero-order valence-electron chi connectivity index (χ0n) is 19.5. The van der Waals surface area contributed by atoms with Crippen molar-refractivity contribution < 1.29 is 14.3 Å². The molecule has 0 radical (unpaired) electrons. The molecule has 1 unspecified atom stereocenters. The van der Waals surface area contributed by atoms with Gasteiger partial charge in [-0.3, -0.25) is 9.69 Å². The van der Waals surface area contributed by atoms with Crippen LogP contribution in [0.3, 0.4) is 0 Å². The molecule has 2 heterocycles. The van der Waals surface area contributed by atoms with E-state index in [1.807, 2.05) is 39.0 Å². The number of hydrogen-bond acceptors (Lipinski definition) is 5. The van der Waals surface area contributed by atoms with Gasteiger partial charge in [0.1, 0.15) is 5.60 Å². The molecule has 2 aliphatic rings. The average molecular weight is 431 g/mol. The zero-order valence-corrected chi connectivity index (χ0v) is 19.5. The summed E-state index contributed by atoms with van der Waals surface area (Å²) < 4.78 is 5.46. The summed E-state index contributed by atoms with van der Waals surface area (Å²) in [6.07, 6.45) is 1.05. The maximum absolute atomic E-state index is 13.1. The number of piperidine rings is 1. The van der Waals surface area contributed by atoms with E-state index >= 15 is 0 Å². The van der Waals surface area contributed by atoms with E-state index in [4.69, 9.17) is 4.74 Å². The van der Waals surface area contributed by atoms with Crippen LogP contribution >= 0.6 is 0 Å². The lowest BCUT2D eigenvalue weighted by Gasteiger charge is -2.36. The highest BCUT2D eigenvalue weighted by molar-refractivity contribution is 5.79. The Morgan fingerprint density at radius 2 is 1.65 bits per heavy atom. The Kier molecular flexibility index (Phi) is 7.94. The number of benzene rings is 1. The number of carbonyl (C=O) groups excluding carboxylic acids is 2. The molecule has 0 saturated carbocycles. The first-order chi connectivity index (χ1) is 14.7. The summed E-state index contributed by atoms with van der Waals surface area (Å²) in [5.74, 6) is 0.0178. The lowest BCUT2D eigenvalue weighted by Crippen LogP contribution is -2.49. The zero-order chi connectivity index (χ0) is 22.4. The molecular formula is C24H38N4O3. The number of piperazine rings is 1. The van der Waals surface area contributed by atoms with Gasteiger partial charge in [-0.2, -0.15) is 0 Å². The topological polar surface area (TPSA) is 65.1 Å². The van der Waals surface area contributed by atoms with Gasteiger partial charge in [0.2, 0.25) is 5.91 Å². The molecule has 2 aliphatic heterocycles. The highest BCUT2D eigenvalue weighted by Gasteiger charge is 2.31. The summed E-state index contributed by atoms with van der Waals surface area (Å²) in [4.78, 5) is 31.9. The monoisotopic (exact) mass is 430 g/mol. The van der Waals surface area contributed by atoms with Crippen molar-refractivity contribution in [2.45, 2.75) is 45.3 Å². The molecule has 2 amide bonds. The lowest BCUT2D eigenvalue weighted by atomic mass is 9.95. The summed E-state index contributed by atoms with van der Waals surface area (Å²) in [6.45, 7) is 11.7. The van der Waals surface area contributed by atoms with Crippen LogP contribution in [0.25, 0.3) is 0 Å². The molecule has 2 fully saturated rings. The van der Waals surface area contributed by atoms with Gasteiger partial charge < -0.3 is 19.9 Å². The minimum atomic E-state index is -0.503. The molecular weight excluding hydrogens is 392 g/mol. The molecule has 2 saturated heterocycles. The third-order valence-corrected chi connectivity index (χ3v) is 6.07. The van der Waals surface area contributed by atoms with Gasteiger partial charge in [-0.25, -0.2) is 4.79 Å². The van der Waals surface area contributed by atoms with Crippen LogP contribution in [0.1, 0.15) is 45.2 Å². The van der Waals surface area contributed by atoms with E-state index in [0.717, 1.165) is 38.3 Å². The van der Waals surface area contributed by atoms with Crippen LogP contribution in [0, 0.1) is 5.92 Å². The van der Waals surface area contributed by atoms with Crippen molar-refractivity contribution in [2.24, 2.45) is 5.92 Å². The third kappa shape index (κ3) is 7.21. The van der Waals surface area contributed by atoms with E-state index in [-0.39, 0.29) is 24.0 Å². The second kappa shape index (κ2) is 10.5. The van der Waals surface area contributed by atoms with Gasteiger partial charge in [-0.15, -0.1) is 0 Å². The molecule has 0 bridgehead atoms. The molecule has 3 rings (SSSR count).